The number of aliphatic imine (C=N–C) groups is 1. The Morgan fingerprint density at radius 1 is 1.23 bits per heavy atom. The predicted octanol–water partition coefficient (Wildman–Crippen LogP) is 3.33. The van der Waals surface area contributed by atoms with Gasteiger partial charge in [0.25, 0.3) is 0 Å². The Balaban J connectivity index is 0.00000243. The van der Waals surface area contributed by atoms with Crippen LogP contribution in [0.4, 0.5) is 0 Å². The SMILES string of the molecule is CN=C(NCC(c1ccccc1OC)N1CCCC1)NC1CC=CC1.I. The molecule has 5 nitrogen and oxygen atoms in total. The van der Waals surface area contributed by atoms with Crippen LogP contribution < -0.4 is 15.4 Å². The number of halogens is 1. The Bertz CT molecular complexity index is 606. The van der Waals surface area contributed by atoms with E-state index in [1.165, 1.54) is 18.4 Å². The number of benzene rings is 1. The van der Waals surface area contributed by atoms with Crippen LogP contribution >= 0.6 is 24.0 Å². The zero-order valence-electron chi connectivity index (χ0n) is 15.8. The van der Waals surface area contributed by atoms with Crippen molar-refractivity contribution >= 4 is 29.9 Å². The number of methoxy groups -OCH3 is 1. The van der Waals surface area contributed by atoms with E-state index in [0.29, 0.717) is 12.1 Å². The standard InChI is InChI=1S/C20H30N4O.HI/c1-21-20(23-16-9-3-4-10-16)22-15-18(24-13-7-8-14-24)17-11-5-6-12-19(17)25-2;/h3-6,11-12,16,18H,7-10,13-15H2,1-2H3,(H2,21,22,23);1H. The van der Waals surface area contributed by atoms with Crippen LogP contribution in [0.5, 0.6) is 5.75 Å². The average molecular weight is 470 g/mol. The molecule has 1 fully saturated rings. The van der Waals surface area contributed by atoms with Crippen molar-refractivity contribution in [3.63, 3.8) is 0 Å². The Morgan fingerprint density at radius 2 is 1.92 bits per heavy atom. The number of ether oxygens (including phenoxy) is 1. The Morgan fingerprint density at radius 3 is 2.58 bits per heavy atom. The number of guanidine groups is 1. The molecule has 3 rings (SSSR count). The van der Waals surface area contributed by atoms with Crippen molar-refractivity contribution in [1.82, 2.24) is 15.5 Å². The first-order valence-corrected chi connectivity index (χ1v) is 9.31. The number of para-hydroxylation sites is 1. The van der Waals surface area contributed by atoms with E-state index in [1.54, 1.807) is 7.11 Å². The van der Waals surface area contributed by atoms with Crippen molar-refractivity contribution < 1.29 is 4.74 Å². The van der Waals surface area contributed by atoms with Crippen LogP contribution in [0, 0.1) is 0 Å². The quantitative estimate of drug-likeness (QED) is 0.290. The molecule has 144 valence electrons. The summed E-state index contributed by atoms with van der Waals surface area (Å²) in [4.78, 5) is 6.95. The van der Waals surface area contributed by atoms with Gasteiger partial charge >= 0.3 is 0 Å². The molecule has 26 heavy (non-hydrogen) atoms. The second-order valence-electron chi connectivity index (χ2n) is 6.74. The molecule has 1 aliphatic heterocycles. The fourth-order valence-corrected chi connectivity index (χ4v) is 3.75. The number of rotatable bonds is 6. The van der Waals surface area contributed by atoms with Gasteiger partial charge in [-0.15, -0.1) is 24.0 Å². The van der Waals surface area contributed by atoms with E-state index < -0.39 is 0 Å². The molecule has 0 aromatic heterocycles. The molecule has 1 atom stereocenters. The Kier molecular flexibility index (Phi) is 8.71. The summed E-state index contributed by atoms with van der Waals surface area (Å²) in [5.41, 5.74) is 1.25. The molecule has 1 aromatic carbocycles. The zero-order chi connectivity index (χ0) is 17.5. The van der Waals surface area contributed by atoms with Gasteiger partial charge in [-0.1, -0.05) is 30.4 Å². The molecule has 0 saturated carbocycles. The summed E-state index contributed by atoms with van der Waals surface area (Å²) < 4.78 is 5.62. The van der Waals surface area contributed by atoms with Crippen molar-refractivity contribution in [3.05, 3.63) is 42.0 Å². The van der Waals surface area contributed by atoms with Crippen LogP contribution in [0.2, 0.25) is 0 Å². The first kappa shape index (κ1) is 21.0. The number of nitrogens with zero attached hydrogens (tertiary/aromatic N) is 2. The summed E-state index contributed by atoms with van der Waals surface area (Å²) >= 11 is 0. The van der Waals surface area contributed by atoms with Crippen LogP contribution in [-0.2, 0) is 0 Å². The van der Waals surface area contributed by atoms with Crippen LogP contribution in [0.1, 0.15) is 37.3 Å². The van der Waals surface area contributed by atoms with Gasteiger partial charge in [0.1, 0.15) is 5.75 Å². The van der Waals surface area contributed by atoms with Crippen molar-refractivity contribution in [1.29, 1.82) is 0 Å². The lowest BCUT2D eigenvalue weighted by Crippen LogP contribution is -2.45. The molecule has 0 amide bonds. The third kappa shape index (κ3) is 5.36. The van der Waals surface area contributed by atoms with Gasteiger partial charge in [0.05, 0.1) is 13.2 Å². The molecule has 1 aromatic rings. The lowest BCUT2D eigenvalue weighted by Gasteiger charge is -2.30. The first-order valence-electron chi connectivity index (χ1n) is 9.31. The minimum absolute atomic E-state index is 0. The maximum Gasteiger partial charge on any atom is 0.191 e. The number of hydrogen-bond donors (Lipinski definition) is 2. The first-order chi connectivity index (χ1) is 12.3. The number of hydrogen-bond acceptors (Lipinski definition) is 3. The molecule has 0 spiro atoms. The second-order valence-corrected chi connectivity index (χ2v) is 6.74. The normalized spacial score (nSPS) is 19.2. The molecule has 1 saturated heterocycles. The predicted molar refractivity (Wildman–Crippen MR) is 119 cm³/mol. The summed E-state index contributed by atoms with van der Waals surface area (Å²) in [5, 5.41) is 7.06. The third-order valence-corrected chi connectivity index (χ3v) is 5.11. The van der Waals surface area contributed by atoms with Gasteiger partial charge < -0.3 is 15.4 Å². The van der Waals surface area contributed by atoms with Crippen LogP contribution in [0.3, 0.4) is 0 Å². The molecule has 2 aliphatic rings. The highest BCUT2D eigenvalue weighted by Crippen LogP contribution is 2.31. The molecule has 1 unspecified atom stereocenters. The van der Waals surface area contributed by atoms with Crippen LogP contribution in [0.25, 0.3) is 0 Å². The third-order valence-electron chi connectivity index (χ3n) is 5.11. The van der Waals surface area contributed by atoms with E-state index in [-0.39, 0.29) is 24.0 Å². The van der Waals surface area contributed by atoms with Gasteiger partial charge in [-0.05, 0) is 44.8 Å². The maximum absolute atomic E-state index is 5.62. The summed E-state index contributed by atoms with van der Waals surface area (Å²) in [7, 11) is 3.59. The lowest BCUT2D eigenvalue weighted by atomic mass is 10.0. The smallest absolute Gasteiger partial charge is 0.191 e. The summed E-state index contributed by atoms with van der Waals surface area (Å²) in [6.07, 6.45) is 9.14. The molecule has 2 N–H and O–H groups in total. The highest BCUT2D eigenvalue weighted by atomic mass is 127. The van der Waals surface area contributed by atoms with Crippen LogP contribution in [-0.4, -0.2) is 50.7 Å². The second kappa shape index (κ2) is 10.8. The minimum Gasteiger partial charge on any atom is -0.496 e. The fraction of sp³-hybridized carbons (Fsp3) is 0.550. The van der Waals surface area contributed by atoms with Gasteiger partial charge in [0, 0.05) is 25.2 Å². The molecular formula is C20H31IN4O. The van der Waals surface area contributed by atoms with Gasteiger partial charge in [-0.2, -0.15) is 0 Å². The van der Waals surface area contributed by atoms with E-state index >= 15 is 0 Å². The molecule has 1 aliphatic carbocycles. The van der Waals surface area contributed by atoms with E-state index in [0.717, 1.165) is 44.2 Å². The summed E-state index contributed by atoms with van der Waals surface area (Å²) in [6.45, 7) is 3.10. The van der Waals surface area contributed by atoms with E-state index in [9.17, 15) is 0 Å². The van der Waals surface area contributed by atoms with Gasteiger partial charge in [-0.25, -0.2) is 0 Å². The van der Waals surface area contributed by atoms with Crippen molar-refractivity contribution in [2.75, 3.05) is 33.8 Å². The topological polar surface area (TPSA) is 48.9 Å². The van der Waals surface area contributed by atoms with Crippen molar-refractivity contribution in [2.24, 2.45) is 4.99 Å². The summed E-state index contributed by atoms with van der Waals surface area (Å²) in [6, 6.07) is 9.11. The maximum atomic E-state index is 5.62. The zero-order valence-corrected chi connectivity index (χ0v) is 18.1. The van der Waals surface area contributed by atoms with E-state index in [2.05, 4.69) is 50.9 Å². The Labute approximate surface area is 174 Å². The lowest BCUT2D eigenvalue weighted by molar-refractivity contribution is 0.239. The van der Waals surface area contributed by atoms with Gasteiger partial charge in [0.15, 0.2) is 5.96 Å². The number of likely N-dealkylation sites (tertiary alicyclic amines) is 1. The van der Waals surface area contributed by atoms with Gasteiger partial charge in [0.2, 0.25) is 0 Å². The monoisotopic (exact) mass is 470 g/mol. The molecule has 0 radical (unpaired) electrons. The van der Waals surface area contributed by atoms with E-state index in [1.807, 2.05) is 13.1 Å². The molecular weight excluding hydrogens is 439 g/mol. The molecule has 6 heteroatoms. The largest absolute Gasteiger partial charge is 0.496 e. The summed E-state index contributed by atoms with van der Waals surface area (Å²) in [5.74, 6) is 1.84. The molecule has 1 heterocycles. The molecule has 0 bridgehead atoms. The average Bonchev–Trinajstić information content (AvgIpc) is 3.35. The van der Waals surface area contributed by atoms with Crippen molar-refractivity contribution in [2.45, 2.75) is 37.8 Å². The van der Waals surface area contributed by atoms with Crippen molar-refractivity contribution in [3.8, 4) is 5.75 Å². The highest BCUT2D eigenvalue weighted by molar-refractivity contribution is 14.0. The Hall–Kier alpha value is -1.28. The number of nitrogens with one attached hydrogen (secondary N) is 2. The highest BCUT2D eigenvalue weighted by Gasteiger charge is 2.26. The van der Waals surface area contributed by atoms with Crippen LogP contribution in [0.15, 0.2) is 41.4 Å². The van der Waals surface area contributed by atoms with E-state index in [4.69, 9.17) is 4.74 Å². The van der Waals surface area contributed by atoms with Gasteiger partial charge in [-0.3, -0.25) is 9.89 Å². The fourth-order valence-electron chi connectivity index (χ4n) is 3.75. The minimum atomic E-state index is 0.